The van der Waals surface area contributed by atoms with Crippen molar-refractivity contribution in [2.45, 2.75) is 18.6 Å². The number of hydrogen-bond acceptors (Lipinski definition) is 6. The highest BCUT2D eigenvalue weighted by molar-refractivity contribution is 7.99. The Bertz CT molecular complexity index is 1490. The van der Waals surface area contributed by atoms with Crippen LogP contribution >= 0.6 is 23.1 Å². The van der Waals surface area contributed by atoms with Crippen LogP contribution in [0.4, 0.5) is 5.69 Å². The molecule has 5 aromatic rings. The summed E-state index contributed by atoms with van der Waals surface area (Å²) in [6, 6.07) is 19.0. The maximum absolute atomic E-state index is 13.3. The third-order valence-corrected chi connectivity index (χ3v) is 6.81. The lowest BCUT2D eigenvalue weighted by atomic mass is 10.2. The van der Waals surface area contributed by atoms with Crippen molar-refractivity contribution in [1.29, 1.82) is 0 Å². The molecule has 0 bridgehead atoms. The van der Waals surface area contributed by atoms with Gasteiger partial charge in [-0.25, -0.2) is 4.98 Å². The molecule has 3 heterocycles. The van der Waals surface area contributed by atoms with Crippen molar-refractivity contribution in [1.82, 2.24) is 9.55 Å². The van der Waals surface area contributed by atoms with E-state index in [2.05, 4.69) is 5.32 Å². The van der Waals surface area contributed by atoms with E-state index in [1.54, 1.807) is 15.9 Å². The summed E-state index contributed by atoms with van der Waals surface area (Å²) in [5, 5.41) is 6.14. The maximum Gasteiger partial charge on any atom is 0.298 e. The predicted octanol–water partition coefficient (Wildman–Crippen LogP) is 5.29. The number of carbonyl (C=O) groups excluding carboxylic acids is 1. The lowest BCUT2D eigenvalue weighted by molar-refractivity contribution is -0.113. The van der Waals surface area contributed by atoms with Crippen molar-refractivity contribution >= 4 is 56.8 Å². The van der Waals surface area contributed by atoms with Gasteiger partial charge < -0.3 is 9.73 Å². The normalized spacial score (nSPS) is 11.3. The number of furan rings is 1. The van der Waals surface area contributed by atoms with E-state index in [1.807, 2.05) is 73.0 Å². The van der Waals surface area contributed by atoms with Gasteiger partial charge in [0.2, 0.25) is 11.5 Å². The van der Waals surface area contributed by atoms with Crippen molar-refractivity contribution in [3.63, 3.8) is 0 Å². The van der Waals surface area contributed by atoms with Crippen molar-refractivity contribution in [2.24, 2.45) is 0 Å². The number of carbonyl (C=O) groups is 1. The number of thioether (sulfide) groups is 1. The van der Waals surface area contributed by atoms with Gasteiger partial charge in [0.05, 0.1) is 12.3 Å². The van der Waals surface area contributed by atoms with Crippen LogP contribution in [0.1, 0.15) is 10.4 Å². The van der Waals surface area contributed by atoms with Crippen LogP contribution in [-0.4, -0.2) is 21.2 Å². The Morgan fingerprint density at radius 3 is 2.84 bits per heavy atom. The van der Waals surface area contributed by atoms with Crippen molar-refractivity contribution in [2.75, 3.05) is 11.1 Å². The number of nitrogens with zero attached hydrogens (tertiary/aromatic N) is 2. The summed E-state index contributed by atoms with van der Waals surface area (Å²) < 4.78 is 7.42. The summed E-state index contributed by atoms with van der Waals surface area (Å²) in [6.45, 7) is 2.35. The number of thiophene rings is 1. The van der Waals surface area contributed by atoms with Gasteiger partial charge in [-0.3, -0.25) is 14.2 Å². The Labute approximate surface area is 191 Å². The van der Waals surface area contributed by atoms with E-state index in [0.717, 1.165) is 21.5 Å². The number of aryl methyl sites for hydroxylation is 1. The summed E-state index contributed by atoms with van der Waals surface area (Å²) in [5.74, 6) is -0.0266. The van der Waals surface area contributed by atoms with Gasteiger partial charge in [0.15, 0.2) is 5.16 Å². The molecule has 0 aliphatic rings. The molecule has 0 aliphatic heterocycles. The van der Waals surface area contributed by atoms with Gasteiger partial charge in [0.1, 0.15) is 11.1 Å². The Kier molecular flexibility index (Phi) is 5.55. The molecule has 0 radical (unpaired) electrons. The highest BCUT2D eigenvalue weighted by Gasteiger charge is 2.19. The monoisotopic (exact) mass is 461 g/mol. The second-order valence-corrected chi connectivity index (χ2v) is 9.32. The minimum atomic E-state index is -0.249. The van der Waals surface area contributed by atoms with Crippen LogP contribution in [0.5, 0.6) is 0 Å². The van der Waals surface area contributed by atoms with Gasteiger partial charge in [0, 0.05) is 16.0 Å². The minimum Gasteiger partial charge on any atom is -0.448 e. The van der Waals surface area contributed by atoms with Gasteiger partial charge in [-0.2, -0.15) is 0 Å². The molecule has 1 N–H and O–H groups in total. The molecule has 0 saturated heterocycles. The van der Waals surface area contributed by atoms with E-state index < -0.39 is 0 Å². The number of aromatic nitrogens is 2. The Morgan fingerprint density at radius 2 is 2.03 bits per heavy atom. The summed E-state index contributed by atoms with van der Waals surface area (Å²) in [5.41, 5.74) is 2.94. The molecule has 6 nitrogen and oxygen atoms in total. The Balaban J connectivity index is 1.50. The number of benzene rings is 2. The van der Waals surface area contributed by atoms with Crippen LogP contribution < -0.4 is 10.9 Å². The number of hydrogen-bond donors (Lipinski definition) is 1. The molecule has 160 valence electrons. The molecule has 0 spiro atoms. The number of amides is 1. The van der Waals surface area contributed by atoms with Crippen LogP contribution in [0, 0.1) is 6.92 Å². The summed E-state index contributed by atoms with van der Waals surface area (Å²) in [6.07, 6.45) is 0. The molecule has 3 aromatic heterocycles. The number of fused-ring (bicyclic) bond motifs is 3. The van der Waals surface area contributed by atoms with Crippen LogP contribution in [0.15, 0.2) is 80.4 Å². The highest BCUT2D eigenvalue weighted by Crippen LogP contribution is 2.28. The van der Waals surface area contributed by atoms with E-state index in [-0.39, 0.29) is 22.8 Å². The largest absolute Gasteiger partial charge is 0.448 e. The molecule has 0 atom stereocenters. The van der Waals surface area contributed by atoms with E-state index in [9.17, 15) is 9.59 Å². The summed E-state index contributed by atoms with van der Waals surface area (Å²) in [4.78, 5) is 31.7. The van der Waals surface area contributed by atoms with E-state index >= 15 is 0 Å². The molecule has 32 heavy (non-hydrogen) atoms. The topological polar surface area (TPSA) is 77.1 Å². The van der Waals surface area contributed by atoms with Gasteiger partial charge in [-0.1, -0.05) is 42.1 Å². The van der Waals surface area contributed by atoms with Crippen molar-refractivity contribution < 1.29 is 9.21 Å². The minimum absolute atomic E-state index is 0.131. The molecule has 0 unspecified atom stereocenters. The molecule has 5 rings (SSSR count). The molecule has 8 heteroatoms. The molecule has 0 aliphatic carbocycles. The van der Waals surface area contributed by atoms with Gasteiger partial charge in [-0.15, -0.1) is 11.3 Å². The molecular formula is C24H19N3O3S2. The quantitative estimate of drug-likeness (QED) is 0.275. The first-order chi connectivity index (χ1) is 15.6. The summed E-state index contributed by atoms with van der Waals surface area (Å²) >= 11 is 2.81. The fraction of sp³-hybridized carbons (Fsp3) is 0.125. The zero-order valence-electron chi connectivity index (χ0n) is 17.2. The standard InChI is InChI=1S/C24H19N3O3S2/c1-15-6-4-7-16(12-15)25-20(28)14-32-24-26-21-18-9-2-3-10-19(18)30-22(21)23(29)27(24)13-17-8-5-11-31-17/h2-12H,13-14H2,1H3,(H,25,28). The number of anilines is 1. The van der Waals surface area contributed by atoms with E-state index in [0.29, 0.717) is 22.8 Å². The van der Waals surface area contributed by atoms with Crippen LogP contribution in [0.2, 0.25) is 0 Å². The second-order valence-electron chi connectivity index (χ2n) is 7.35. The number of para-hydroxylation sites is 1. The lowest BCUT2D eigenvalue weighted by Gasteiger charge is -2.11. The number of nitrogens with one attached hydrogen (secondary N) is 1. The van der Waals surface area contributed by atoms with Crippen LogP contribution in [0.3, 0.4) is 0 Å². The average Bonchev–Trinajstić information content (AvgIpc) is 3.42. The molecule has 2 aromatic carbocycles. The maximum atomic E-state index is 13.3. The fourth-order valence-electron chi connectivity index (χ4n) is 3.51. The Hall–Kier alpha value is -3.36. The van der Waals surface area contributed by atoms with Gasteiger partial charge in [0.25, 0.3) is 5.56 Å². The summed E-state index contributed by atoms with van der Waals surface area (Å²) in [7, 11) is 0. The van der Waals surface area contributed by atoms with Crippen molar-refractivity contribution in [3.05, 3.63) is 86.8 Å². The van der Waals surface area contributed by atoms with Gasteiger partial charge in [-0.05, 0) is 48.2 Å². The smallest absolute Gasteiger partial charge is 0.298 e. The highest BCUT2D eigenvalue weighted by atomic mass is 32.2. The molecule has 1 amide bonds. The van der Waals surface area contributed by atoms with Crippen molar-refractivity contribution in [3.8, 4) is 0 Å². The van der Waals surface area contributed by atoms with Gasteiger partial charge >= 0.3 is 0 Å². The molecular weight excluding hydrogens is 442 g/mol. The van der Waals surface area contributed by atoms with Crippen LogP contribution in [0.25, 0.3) is 22.1 Å². The predicted molar refractivity (Wildman–Crippen MR) is 130 cm³/mol. The first kappa shape index (κ1) is 20.5. The first-order valence-corrected chi connectivity index (χ1v) is 11.9. The third kappa shape index (κ3) is 4.06. The first-order valence-electron chi connectivity index (χ1n) is 10.0. The third-order valence-electron chi connectivity index (χ3n) is 4.98. The fourth-order valence-corrected chi connectivity index (χ4v) is 5.00. The number of rotatable bonds is 6. The second kappa shape index (κ2) is 8.64. The zero-order chi connectivity index (χ0) is 22.1. The SMILES string of the molecule is Cc1cccc(NC(=O)CSc2nc3c(oc4ccccc43)c(=O)n2Cc2cccs2)c1. The van der Waals surface area contributed by atoms with Crippen LogP contribution in [-0.2, 0) is 11.3 Å². The zero-order valence-corrected chi connectivity index (χ0v) is 18.8. The lowest BCUT2D eigenvalue weighted by Crippen LogP contribution is -2.24. The molecule has 0 saturated carbocycles. The molecule has 0 fully saturated rings. The Morgan fingerprint density at radius 1 is 1.16 bits per heavy atom. The van der Waals surface area contributed by atoms with E-state index in [4.69, 9.17) is 9.40 Å². The average molecular weight is 462 g/mol. The van der Waals surface area contributed by atoms with E-state index in [1.165, 1.54) is 11.8 Å².